The number of esters is 7. The van der Waals surface area contributed by atoms with Crippen molar-refractivity contribution in [3.05, 3.63) is 108 Å². The molecule has 0 saturated carbocycles. The molecular formula is C47H49NO21. The Kier molecular flexibility index (Phi) is 16.8. The Bertz CT molecular complexity index is 2360. The highest BCUT2D eigenvalue weighted by Gasteiger charge is 2.65. The molecule has 3 heterocycles. The van der Waals surface area contributed by atoms with E-state index in [0.29, 0.717) is 4.90 Å². The summed E-state index contributed by atoms with van der Waals surface area (Å²) in [7, 11) is 2.14. The lowest BCUT2D eigenvalue weighted by molar-refractivity contribution is -0.335. The fourth-order valence-corrected chi connectivity index (χ4v) is 7.98. The lowest BCUT2D eigenvalue weighted by Crippen LogP contribution is -2.68. The molecule has 0 aromatic heterocycles. The number of fused-ring (bicyclic) bond motifs is 1. The largest absolute Gasteiger partial charge is 0.465 e. The third kappa shape index (κ3) is 12.1. The van der Waals surface area contributed by atoms with Crippen LogP contribution in [0.5, 0.6) is 0 Å². The minimum Gasteiger partial charge on any atom is -0.465 e. The van der Waals surface area contributed by atoms with Crippen molar-refractivity contribution in [3.8, 4) is 0 Å². The average Bonchev–Trinajstić information content (AvgIpc) is 3.68. The van der Waals surface area contributed by atoms with Crippen LogP contribution in [0.4, 0.5) is 4.79 Å². The number of carbonyl (C=O) groups is 9. The van der Waals surface area contributed by atoms with E-state index in [0.717, 1.165) is 34.8 Å². The molecule has 22 nitrogen and oxygen atoms in total. The molecule has 3 aromatic carbocycles. The van der Waals surface area contributed by atoms with Gasteiger partial charge in [-0.1, -0.05) is 54.6 Å². The summed E-state index contributed by atoms with van der Waals surface area (Å²) in [5.41, 5.74) is 0.151. The number of ether oxygens (including phenoxy) is 12. The summed E-state index contributed by atoms with van der Waals surface area (Å²) in [4.78, 5) is 120. The maximum absolute atomic E-state index is 14.2. The first-order valence-corrected chi connectivity index (χ1v) is 21.3. The molecular weight excluding hydrogens is 915 g/mol. The van der Waals surface area contributed by atoms with Crippen molar-refractivity contribution >= 4 is 53.8 Å². The van der Waals surface area contributed by atoms with Gasteiger partial charge in [-0.15, -0.1) is 0 Å². The molecule has 0 bridgehead atoms. The molecule has 0 spiro atoms. The summed E-state index contributed by atoms with van der Waals surface area (Å²) in [6.45, 7) is 2.41. The van der Waals surface area contributed by atoms with Crippen molar-refractivity contribution in [1.29, 1.82) is 0 Å². The van der Waals surface area contributed by atoms with Gasteiger partial charge in [-0.25, -0.2) is 28.9 Å². The van der Waals surface area contributed by atoms with E-state index in [2.05, 4.69) is 0 Å². The number of carbonyl (C=O) groups excluding carboxylic acids is 9. The second-order valence-electron chi connectivity index (χ2n) is 15.7. The van der Waals surface area contributed by atoms with Gasteiger partial charge in [0.25, 0.3) is 5.79 Å². The van der Waals surface area contributed by atoms with E-state index in [1.54, 1.807) is 54.6 Å². The zero-order chi connectivity index (χ0) is 50.0. The predicted octanol–water partition coefficient (Wildman–Crippen LogP) is 2.87. The van der Waals surface area contributed by atoms with Gasteiger partial charge in [0.15, 0.2) is 36.8 Å². The Morgan fingerprint density at radius 1 is 0.681 bits per heavy atom. The summed E-state index contributed by atoms with van der Waals surface area (Å²) in [6.07, 6.45) is -17.4. The smallest absolute Gasteiger partial charge is 0.417 e. The van der Waals surface area contributed by atoms with E-state index in [1.807, 2.05) is 0 Å². The van der Waals surface area contributed by atoms with Crippen LogP contribution in [-0.4, -0.2) is 153 Å². The van der Waals surface area contributed by atoms with E-state index < -0.39 is 140 Å². The number of nitrogens with zero attached hydrogens (tertiary/aromatic N) is 1. The molecule has 3 aliphatic heterocycles. The molecule has 0 N–H and O–H groups in total. The van der Waals surface area contributed by atoms with E-state index >= 15 is 0 Å². The van der Waals surface area contributed by atoms with E-state index in [9.17, 15) is 43.2 Å². The zero-order valence-corrected chi connectivity index (χ0v) is 38.1. The second kappa shape index (κ2) is 22.7. The molecule has 3 saturated heterocycles. The van der Waals surface area contributed by atoms with Crippen LogP contribution in [-0.2, 0) is 80.8 Å². The van der Waals surface area contributed by atoms with Gasteiger partial charge in [-0.2, -0.15) is 0 Å². The topological polar surface area (TPSA) is 268 Å². The molecule has 22 heteroatoms. The van der Waals surface area contributed by atoms with Gasteiger partial charge in [-0.3, -0.25) is 19.2 Å². The van der Waals surface area contributed by atoms with E-state index in [-0.39, 0.29) is 16.7 Å². The standard InChI is InChI=1S/C47H49NO21/c1-25(49)48-35-32(65-46(48)57)22-47(45(56)59-6,69-38(35)36(63-28(4)52)33(62-27(3)51)23-60-26(2)50)61-24-34-37(66-41(53)29-16-10-7-11-17-29)39(67-42(54)30-18-12-8-13-19-30)40(44(58-5)64-34)68-43(55)31-20-14-9-15-21-31/h7-21,32-40,44H,22-24H2,1-6H3/t32-,33+,34+,35+,36+,37+,38+,39-,40+,44-,47+/m0/s1. The highest BCUT2D eigenvalue weighted by Crippen LogP contribution is 2.43. The molecule has 69 heavy (non-hydrogen) atoms. The maximum Gasteiger partial charge on any atom is 0.417 e. The quantitative estimate of drug-likeness (QED) is 0.139. The van der Waals surface area contributed by atoms with Crippen LogP contribution in [0.25, 0.3) is 0 Å². The summed E-state index contributed by atoms with van der Waals surface area (Å²) >= 11 is 0. The average molecular weight is 964 g/mol. The van der Waals surface area contributed by atoms with E-state index in [4.69, 9.17) is 56.8 Å². The summed E-state index contributed by atoms with van der Waals surface area (Å²) in [5.74, 6) is -10.6. The molecule has 0 aliphatic carbocycles. The molecule has 0 radical (unpaired) electrons. The van der Waals surface area contributed by atoms with Gasteiger partial charge < -0.3 is 56.8 Å². The minimum absolute atomic E-state index is 0.0261. The van der Waals surface area contributed by atoms with Gasteiger partial charge in [-0.05, 0) is 36.4 Å². The number of hydrogen-bond acceptors (Lipinski definition) is 21. The lowest BCUT2D eigenvalue weighted by Gasteiger charge is -2.48. The number of amides is 2. The fraction of sp³-hybridized carbons (Fsp3) is 0.426. The third-order valence-corrected chi connectivity index (χ3v) is 10.9. The Morgan fingerprint density at radius 2 is 1.19 bits per heavy atom. The summed E-state index contributed by atoms with van der Waals surface area (Å²) in [6, 6.07) is 21.5. The molecule has 2 amide bonds. The van der Waals surface area contributed by atoms with E-state index in [1.165, 1.54) is 43.5 Å². The first-order chi connectivity index (χ1) is 33.0. The van der Waals surface area contributed by atoms with Crippen molar-refractivity contribution in [2.24, 2.45) is 0 Å². The van der Waals surface area contributed by atoms with Crippen LogP contribution in [0.3, 0.4) is 0 Å². The Hall–Kier alpha value is -7.27. The van der Waals surface area contributed by atoms with Gasteiger partial charge in [0.1, 0.15) is 31.0 Å². The normalized spacial score (nSPS) is 25.8. The molecule has 0 unspecified atom stereocenters. The van der Waals surface area contributed by atoms with Crippen molar-refractivity contribution in [1.82, 2.24) is 4.90 Å². The molecule has 11 atom stereocenters. The molecule has 6 rings (SSSR count). The van der Waals surface area contributed by atoms with Gasteiger partial charge in [0, 0.05) is 34.8 Å². The Balaban J connectivity index is 1.45. The number of imide groups is 1. The number of methoxy groups -OCH3 is 2. The minimum atomic E-state index is -2.74. The van der Waals surface area contributed by atoms with Crippen molar-refractivity contribution in [3.63, 3.8) is 0 Å². The SMILES string of the molecule is COC(=O)[C@@]1(OC[C@H]2O[C@H](OC)[C@H](OC(=O)c3ccccc3)[C@@H](OC(=O)c3ccccc3)[C@@H]2OC(=O)c2ccccc2)C[C@@H]2OC(=O)N(C(C)=O)[C@H]2[C@H]([C@H](OC(C)=O)[C@@H](COC(C)=O)OC(C)=O)O1. The number of hydrogen-bond donors (Lipinski definition) is 0. The fourth-order valence-electron chi connectivity index (χ4n) is 7.98. The van der Waals surface area contributed by atoms with Crippen molar-refractivity contribution in [2.45, 2.75) is 101 Å². The Morgan fingerprint density at radius 3 is 1.65 bits per heavy atom. The third-order valence-electron chi connectivity index (χ3n) is 10.9. The van der Waals surface area contributed by atoms with Crippen LogP contribution < -0.4 is 0 Å². The summed E-state index contributed by atoms with van der Waals surface area (Å²) in [5, 5.41) is 0. The number of benzene rings is 3. The highest BCUT2D eigenvalue weighted by atomic mass is 16.8. The molecule has 368 valence electrons. The molecule has 3 aliphatic rings. The highest BCUT2D eigenvalue weighted by molar-refractivity contribution is 5.93. The van der Waals surface area contributed by atoms with Crippen LogP contribution in [0.1, 0.15) is 65.2 Å². The molecule has 3 fully saturated rings. The zero-order valence-electron chi connectivity index (χ0n) is 38.1. The van der Waals surface area contributed by atoms with Crippen LogP contribution >= 0.6 is 0 Å². The monoisotopic (exact) mass is 963 g/mol. The van der Waals surface area contributed by atoms with Crippen molar-refractivity contribution in [2.75, 3.05) is 27.4 Å². The second-order valence-corrected chi connectivity index (χ2v) is 15.7. The number of rotatable bonds is 17. The van der Waals surface area contributed by atoms with Crippen LogP contribution in [0.15, 0.2) is 91.0 Å². The first-order valence-electron chi connectivity index (χ1n) is 21.3. The van der Waals surface area contributed by atoms with Crippen LogP contribution in [0.2, 0.25) is 0 Å². The maximum atomic E-state index is 14.2. The van der Waals surface area contributed by atoms with Crippen LogP contribution in [0, 0.1) is 0 Å². The van der Waals surface area contributed by atoms with Gasteiger partial charge in [0.2, 0.25) is 5.91 Å². The predicted molar refractivity (Wildman–Crippen MR) is 227 cm³/mol. The summed E-state index contributed by atoms with van der Waals surface area (Å²) < 4.78 is 69.7. The van der Waals surface area contributed by atoms with Crippen molar-refractivity contribution < 1.29 is 100.0 Å². The van der Waals surface area contributed by atoms with Gasteiger partial charge >= 0.3 is 47.9 Å². The lowest BCUT2D eigenvalue weighted by atomic mass is 9.88. The van der Waals surface area contributed by atoms with Gasteiger partial charge in [0.05, 0.1) is 36.8 Å². The first kappa shape index (κ1) is 51.1. The molecule has 3 aromatic rings. The Labute approximate surface area is 394 Å².